The van der Waals surface area contributed by atoms with Gasteiger partial charge < -0.3 is 10.1 Å². The van der Waals surface area contributed by atoms with Crippen molar-refractivity contribution in [2.75, 3.05) is 12.4 Å². The van der Waals surface area contributed by atoms with Crippen LogP contribution in [0.5, 0.6) is 5.75 Å². The molecule has 2 rings (SSSR count). The lowest BCUT2D eigenvalue weighted by Gasteiger charge is -2.13. The van der Waals surface area contributed by atoms with Crippen LogP contribution in [0, 0.1) is 17.0 Å². The summed E-state index contributed by atoms with van der Waals surface area (Å²) < 4.78 is 5.11. The van der Waals surface area contributed by atoms with Gasteiger partial charge in [0.15, 0.2) is 5.11 Å². The van der Waals surface area contributed by atoms with E-state index in [1.165, 1.54) is 25.3 Å². The van der Waals surface area contributed by atoms with Gasteiger partial charge in [-0.05, 0) is 36.8 Å². The second kappa shape index (κ2) is 7.51. The average Bonchev–Trinajstić information content (AvgIpc) is 2.55. The van der Waals surface area contributed by atoms with Crippen molar-refractivity contribution in [2.24, 2.45) is 0 Å². The Balaban J connectivity index is 2.11. The van der Waals surface area contributed by atoms with E-state index in [1.54, 1.807) is 12.1 Å². The molecule has 0 aromatic heterocycles. The number of nitro groups is 1. The maximum absolute atomic E-state index is 12.2. The van der Waals surface area contributed by atoms with E-state index in [2.05, 4.69) is 10.6 Å². The fourth-order valence-electron chi connectivity index (χ4n) is 2.05. The third-order valence-electron chi connectivity index (χ3n) is 3.26. The number of carbonyl (C=O) groups excluding carboxylic acids is 1. The maximum Gasteiger partial charge on any atom is 0.273 e. The van der Waals surface area contributed by atoms with Gasteiger partial charge in [-0.1, -0.05) is 18.2 Å². The molecule has 2 N–H and O–H groups in total. The van der Waals surface area contributed by atoms with Crippen LogP contribution in [0.3, 0.4) is 0 Å². The minimum absolute atomic E-state index is 0.0652. The number of nitrogens with zero attached hydrogens (tertiary/aromatic N) is 1. The van der Waals surface area contributed by atoms with Crippen molar-refractivity contribution in [3.8, 4) is 5.75 Å². The largest absolute Gasteiger partial charge is 0.494 e. The lowest BCUT2D eigenvalue weighted by atomic mass is 10.1. The predicted octanol–water partition coefficient (Wildman–Crippen LogP) is 3.04. The average molecular weight is 345 g/mol. The first-order valence-corrected chi connectivity index (χ1v) is 7.33. The lowest BCUT2D eigenvalue weighted by molar-refractivity contribution is -0.384. The van der Waals surface area contributed by atoms with Crippen molar-refractivity contribution in [3.63, 3.8) is 0 Å². The summed E-state index contributed by atoms with van der Waals surface area (Å²) in [5.41, 5.74) is 1.65. The Kier molecular flexibility index (Phi) is 5.43. The number of nitrogens with one attached hydrogen (secondary N) is 2. The van der Waals surface area contributed by atoms with Crippen LogP contribution in [0.4, 0.5) is 11.4 Å². The number of methoxy groups -OCH3 is 1. The van der Waals surface area contributed by atoms with E-state index in [9.17, 15) is 14.9 Å². The van der Waals surface area contributed by atoms with Crippen molar-refractivity contribution in [2.45, 2.75) is 6.92 Å². The van der Waals surface area contributed by atoms with Gasteiger partial charge in [0.25, 0.3) is 11.6 Å². The third kappa shape index (κ3) is 4.05. The molecule has 2 aromatic carbocycles. The topological polar surface area (TPSA) is 93.5 Å². The molecule has 0 fully saturated rings. The number of ether oxygens (including phenoxy) is 1. The molecule has 0 aliphatic carbocycles. The smallest absolute Gasteiger partial charge is 0.273 e. The summed E-state index contributed by atoms with van der Waals surface area (Å²) in [5.74, 6) is -0.0943. The van der Waals surface area contributed by atoms with Gasteiger partial charge in [-0.15, -0.1) is 0 Å². The minimum atomic E-state index is -0.523. The Bertz CT molecular complexity index is 808. The summed E-state index contributed by atoms with van der Waals surface area (Å²) in [6.45, 7) is 1.82. The molecule has 0 saturated carbocycles. The first-order valence-electron chi connectivity index (χ1n) is 6.92. The Morgan fingerprint density at radius 1 is 1.25 bits per heavy atom. The normalized spacial score (nSPS) is 9.92. The molecule has 0 bridgehead atoms. The molecule has 124 valence electrons. The van der Waals surface area contributed by atoms with Gasteiger partial charge in [0, 0.05) is 11.6 Å². The molecule has 0 heterocycles. The number of anilines is 1. The Morgan fingerprint density at radius 3 is 2.58 bits per heavy atom. The van der Waals surface area contributed by atoms with Gasteiger partial charge in [0.05, 0.1) is 23.8 Å². The van der Waals surface area contributed by atoms with Crippen LogP contribution in [-0.4, -0.2) is 23.1 Å². The minimum Gasteiger partial charge on any atom is -0.494 e. The zero-order valence-corrected chi connectivity index (χ0v) is 13.8. The van der Waals surface area contributed by atoms with Crippen LogP contribution >= 0.6 is 12.2 Å². The molecule has 0 aliphatic heterocycles. The molecule has 0 saturated heterocycles. The van der Waals surface area contributed by atoms with E-state index in [1.807, 2.05) is 19.1 Å². The van der Waals surface area contributed by atoms with Gasteiger partial charge >= 0.3 is 0 Å². The summed E-state index contributed by atoms with van der Waals surface area (Å²) in [6.07, 6.45) is 0. The van der Waals surface area contributed by atoms with E-state index in [0.29, 0.717) is 11.3 Å². The first kappa shape index (κ1) is 17.4. The number of nitro benzene ring substituents is 1. The van der Waals surface area contributed by atoms with Gasteiger partial charge in [0.2, 0.25) is 0 Å². The molecule has 7 nitrogen and oxygen atoms in total. The second-order valence-electron chi connectivity index (χ2n) is 4.86. The van der Waals surface area contributed by atoms with Crippen molar-refractivity contribution in [1.29, 1.82) is 0 Å². The van der Waals surface area contributed by atoms with Gasteiger partial charge in [-0.25, -0.2) is 0 Å². The summed E-state index contributed by atoms with van der Waals surface area (Å²) in [6, 6.07) is 11.2. The SMILES string of the molecule is COc1cc([N+](=O)[O-])ccc1NC(=S)NC(=O)c1ccccc1C. The molecule has 0 spiro atoms. The molecule has 2 aromatic rings. The highest BCUT2D eigenvalue weighted by atomic mass is 32.1. The number of hydrogen-bond donors (Lipinski definition) is 2. The summed E-state index contributed by atoms with van der Waals surface area (Å²) >= 11 is 5.11. The molecule has 8 heteroatoms. The molecule has 24 heavy (non-hydrogen) atoms. The third-order valence-corrected chi connectivity index (χ3v) is 3.47. The van der Waals surface area contributed by atoms with Gasteiger partial charge in [-0.3, -0.25) is 20.2 Å². The van der Waals surface area contributed by atoms with E-state index >= 15 is 0 Å². The van der Waals surface area contributed by atoms with E-state index in [0.717, 1.165) is 5.56 Å². The maximum atomic E-state index is 12.2. The number of carbonyl (C=O) groups is 1. The fraction of sp³-hybridized carbons (Fsp3) is 0.125. The molecule has 0 aliphatic rings. The van der Waals surface area contributed by atoms with Gasteiger partial charge in [-0.2, -0.15) is 0 Å². The number of thiocarbonyl (C=S) groups is 1. The van der Waals surface area contributed by atoms with E-state index < -0.39 is 4.92 Å². The summed E-state index contributed by atoms with van der Waals surface area (Å²) in [7, 11) is 1.39. The number of aryl methyl sites for hydroxylation is 1. The highest BCUT2D eigenvalue weighted by Gasteiger charge is 2.14. The summed E-state index contributed by atoms with van der Waals surface area (Å²) in [4.78, 5) is 22.5. The van der Waals surface area contributed by atoms with Crippen molar-refractivity contribution in [3.05, 3.63) is 63.7 Å². The molecule has 0 unspecified atom stereocenters. The molecular weight excluding hydrogens is 330 g/mol. The van der Waals surface area contributed by atoms with Crippen LogP contribution in [0.25, 0.3) is 0 Å². The van der Waals surface area contributed by atoms with Crippen molar-refractivity contribution in [1.82, 2.24) is 5.32 Å². The predicted molar refractivity (Wildman–Crippen MR) is 94.5 cm³/mol. The number of hydrogen-bond acceptors (Lipinski definition) is 5. The molecular formula is C16H15N3O4S. The van der Waals surface area contributed by atoms with Crippen molar-refractivity contribution < 1.29 is 14.5 Å². The Hall–Kier alpha value is -3.00. The van der Waals surface area contributed by atoms with Crippen molar-refractivity contribution >= 4 is 34.6 Å². The Morgan fingerprint density at radius 2 is 1.96 bits per heavy atom. The second-order valence-corrected chi connectivity index (χ2v) is 5.27. The van der Waals surface area contributed by atoms with Gasteiger partial charge in [0.1, 0.15) is 5.75 Å². The standard InChI is InChI=1S/C16H15N3O4S/c1-10-5-3-4-6-12(10)15(20)18-16(24)17-13-8-7-11(19(21)22)9-14(13)23-2/h3-9H,1-2H3,(H2,17,18,20,24). The quantitative estimate of drug-likeness (QED) is 0.502. The monoisotopic (exact) mass is 345 g/mol. The van der Waals surface area contributed by atoms with Crippen LogP contribution in [0.2, 0.25) is 0 Å². The Labute approximate surface area is 143 Å². The number of benzene rings is 2. The highest BCUT2D eigenvalue weighted by Crippen LogP contribution is 2.28. The van der Waals surface area contributed by atoms with Crippen LogP contribution in [0.1, 0.15) is 15.9 Å². The zero-order valence-electron chi connectivity index (χ0n) is 13.0. The highest BCUT2D eigenvalue weighted by molar-refractivity contribution is 7.80. The molecule has 1 amide bonds. The number of rotatable bonds is 4. The van der Waals surface area contributed by atoms with Crippen LogP contribution in [-0.2, 0) is 0 Å². The van der Waals surface area contributed by atoms with E-state index in [-0.39, 0.29) is 22.5 Å². The van der Waals surface area contributed by atoms with Crippen LogP contribution in [0.15, 0.2) is 42.5 Å². The van der Waals surface area contributed by atoms with E-state index in [4.69, 9.17) is 17.0 Å². The molecule has 0 atom stereocenters. The van der Waals surface area contributed by atoms with Crippen LogP contribution < -0.4 is 15.4 Å². The summed E-state index contributed by atoms with van der Waals surface area (Å²) in [5, 5.41) is 16.2. The first-order chi connectivity index (χ1) is 11.4. The molecule has 0 radical (unpaired) electrons. The fourth-order valence-corrected chi connectivity index (χ4v) is 2.25. The number of amides is 1. The number of non-ortho nitro benzene ring substituents is 1. The zero-order chi connectivity index (χ0) is 17.7. The lowest BCUT2D eigenvalue weighted by Crippen LogP contribution is -2.34.